The molecule has 0 aliphatic carbocycles. The molecule has 1 saturated heterocycles. The quantitative estimate of drug-likeness (QED) is 0.639. The molecule has 0 aromatic heterocycles. The lowest BCUT2D eigenvalue weighted by atomic mass is 10.0. The molecule has 2 heterocycles. The number of hydrogen-bond acceptors (Lipinski definition) is 6. The minimum absolute atomic E-state index is 0.263. The van der Waals surface area contributed by atoms with Gasteiger partial charge in [0.15, 0.2) is 0 Å². The molecule has 0 atom stereocenters. The summed E-state index contributed by atoms with van der Waals surface area (Å²) in [5.41, 5.74) is 2.36. The number of nitrogens with zero attached hydrogens (tertiary/aromatic N) is 3. The summed E-state index contributed by atoms with van der Waals surface area (Å²) in [4.78, 5) is 32.3. The molecule has 31 heavy (non-hydrogen) atoms. The average molecular weight is 421 g/mol. The minimum Gasteiger partial charge on any atom is -0.497 e. The van der Waals surface area contributed by atoms with E-state index in [1.165, 1.54) is 4.90 Å². The summed E-state index contributed by atoms with van der Waals surface area (Å²) in [5, 5.41) is 0. The minimum atomic E-state index is -0.268. The zero-order valence-corrected chi connectivity index (χ0v) is 17.9. The Morgan fingerprint density at radius 1 is 0.935 bits per heavy atom. The Morgan fingerprint density at radius 2 is 1.61 bits per heavy atom. The van der Waals surface area contributed by atoms with E-state index in [0.29, 0.717) is 48.9 Å². The molecule has 2 aromatic carbocycles. The van der Waals surface area contributed by atoms with Crippen molar-refractivity contribution in [3.63, 3.8) is 0 Å². The normalized spacial score (nSPS) is 17.4. The number of amides is 2. The Labute approximate surface area is 182 Å². The number of hydrogen-bond donors (Lipinski definition) is 0. The summed E-state index contributed by atoms with van der Waals surface area (Å²) < 4.78 is 10.6. The molecule has 0 radical (unpaired) electrons. The second-order valence-corrected chi connectivity index (χ2v) is 7.56. The molecule has 2 aromatic rings. The number of morpholine rings is 1. The van der Waals surface area contributed by atoms with Crippen molar-refractivity contribution in [1.29, 1.82) is 0 Å². The van der Waals surface area contributed by atoms with E-state index >= 15 is 0 Å². The van der Waals surface area contributed by atoms with Gasteiger partial charge in [-0.1, -0.05) is 30.3 Å². The number of imide groups is 1. The molecule has 4 rings (SSSR count). The fourth-order valence-electron chi connectivity index (χ4n) is 3.94. The molecule has 0 saturated carbocycles. The SMILES string of the molecule is COc1ccc(C2=C(N(C)c3ccccc3)C(=O)N(CCN3CCOCC3)C2=O)cc1. The first-order valence-corrected chi connectivity index (χ1v) is 10.4. The maximum absolute atomic E-state index is 13.4. The molecule has 0 bridgehead atoms. The summed E-state index contributed by atoms with van der Waals surface area (Å²) >= 11 is 0. The van der Waals surface area contributed by atoms with Crippen LogP contribution in [0.3, 0.4) is 0 Å². The van der Waals surface area contributed by atoms with E-state index in [1.54, 1.807) is 24.1 Å². The monoisotopic (exact) mass is 421 g/mol. The Bertz CT molecular complexity index is 966. The smallest absolute Gasteiger partial charge is 0.278 e. The van der Waals surface area contributed by atoms with Crippen molar-refractivity contribution in [1.82, 2.24) is 9.80 Å². The fraction of sp³-hybridized carbons (Fsp3) is 0.333. The van der Waals surface area contributed by atoms with E-state index in [9.17, 15) is 9.59 Å². The second-order valence-electron chi connectivity index (χ2n) is 7.56. The molecule has 162 valence electrons. The molecule has 0 unspecified atom stereocenters. The van der Waals surface area contributed by atoms with Crippen molar-refractivity contribution in [3.8, 4) is 5.75 Å². The summed E-state index contributed by atoms with van der Waals surface area (Å²) in [7, 11) is 3.42. The maximum atomic E-state index is 13.4. The summed E-state index contributed by atoms with van der Waals surface area (Å²) in [6.07, 6.45) is 0. The number of anilines is 1. The molecule has 2 amide bonds. The van der Waals surface area contributed by atoms with Crippen molar-refractivity contribution in [2.24, 2.45) is 0 Å². The van der Waals surface area contributed by atoms with Gasteiger partial charge in [0, 0.05) is 38.9 Å². The van der Waals surface area contributed by atoms with Gasteiger partial charge in [-0.25, -0.2) is 0 Å². The van der Waals surface area contributed by atoms with Gasteiger partial charge in [0.25, 0.3) is 11.8 Å². The van der Waals surface area contributed by atoms with E-state index in [4.69, 9.17) is 9.47 Å². The van der Waals surface area contributed by atoms with Crippen molar-refractivity contribution in [3.05, 3.63) is 65.9 Å². The highest BCUT2D eigenvalue weighted by molar-refractivity contribution is 6.36. The average Bonchev–Trinajstić information content (AvgIpc) is 3.08. The van der Waals surface area contributed by atoms with Crippen LogP contribution in [0.4, 0.5) is 5.69 Å². The van der Waals surface area contributed by atoms with Crippen molar-refractivity contribution >= 4 is 23.1 Å². The molecule has 2 aliphatic heterocycles. The molecular formula is C24H27N3O4. The fourth-order valence-corrected chi connectivity index (χ4v) is 3.94. The van der Waals surface area contributed by atoms with Crippen LogP contribution in [0.5, 0.6) is 5.75 Å². The zero-order chi connectivity index (χ0) is 21.8. The number of carbonyl (C=O) groups is 2. The van der Waals surface area contributed by atoms with Gasteiger partial charge in [0.1, 0.15) is 11.4 Å². The second kappa shape index (κ2) is 9.32. The highest BCUT2D eigenvalue weighted by Gasteiger charge is 2.41. The highest BCUT2D eigenvalue weighted by Crippen LogP contribution is 2.34. The maximum Gasteiger partial charge on any atom is 0.278 e. The van der Waals surface area contributed by atoms with Gasteiger partial charge >= 0.3 is 0 Å². The molecule has 7 nitrogen and oxygen atoms in total. The van der Waals surface area contributed by atoms with Gasteiger partial charge in [-0.05, 0) is 29.8 Å². The number of benzene rings is 2. The van der Waals surface area contributed by atoms with E-state index in [2.05, 4.69) is 4.90 Å². The van der Waals surface area contributed by atoms with Crippen LogP contribution in [0.15, 0.2) is 60.3 Å². The first kappa shape index (κ1) is 21.1. The third-order valence-corrected chi connectivity index (χ3v) is 5.74. The summed E-state index contributed by atoms with van der Waals surface area (Å²) in [6, 6.07) is 16.8. The summed E-state index contributed by atoms with van der Waals surface area (Å²) in [6.45, 7) is 3.97. The van der Waals surface area contributed by atoms with Crippen LogP contribution >= 0.6 is 0 Å². The highest BCUT2D eigenvalue weighted by atomic mass is 16.5. The van der Waals surface area contributed by atoms with Crippen molar-refractivity contribution in [2.75, 3.05) is 58.5 Å². The Morgan fingerprint density at radius 3 is 2.26 bits per heavy atom. The van der Waals surface area contributed by atoms with Gasteiger partial charge in [0.05, 0.1) is 25.9 Å². The lowest BCUT2D eigenvalue weighted by Crippen LogP contribution is -2.44. The lowest BCUT2D eigenvalue weighted by molar-refractivity contribution is -0.137. The molecule has 2 aliphatic rings. The molecule has 1 fully saturated rings. The van der Waals surface area contributed by atoms with Crippen LogP contribution in [0.1, 0.15) is 5.56 Å². The number of methoxy groups -OCH3 is 1. The van der Waals surface area contributed by atoms with Gasteiger partial charge in [-0.2, -0.15) is 0 Å². The number of rotatable bonds is 7. The molecule has 7 heteroatoms. The largest absolute Gasteiger partial charge is 0.497 e. The molecule has 0 N–H and O–H groups in total. The van der Waals surface area contributed by atoms with Gasteiger partial charge in [0.2, 0.25) is 0 Å². The van der Waals surface area contributed by atoms with Crippen LogP contribution in [0.2, 0.25) is 0 Å². The number of para-hydroxylation sites is 1. The third-order valence-electron chi connectivity index (χ3n) is 5.74. The Balaban J connectivity index is 1.66. The Kier molecular flexibility index (Phi) is 6.34. The van der Waals surface area contributed by atoms with Crippen LogP contribution in [0.25, 0.3) is 5.57 Å². The van der Waals surface area contributed by atoms with Crippen molar-refractivity contribution in [2.45, 2.75) is 0 Å². The first-order valence-electron chi connectivity index (χ1n) is 10.4. The predicted octanol–water partition coefficient (Wildman–Crippen LogP) is 2.24. The van der Waals surface area contributed by atoms with Gasteiger partial charge < -0.3 is 14.4 Å². The third kappa shape index (κ3) is 4.33. The van der Waals surface area contributed by atoms with E-state index < -0.39 is 0 Å². The molecular weight excluding hydrogens is 394 g/mol. The number of carbonyl (C=O) groups excluding carboxylic acids is 2. The standard InChI is InChI=1S/C24H27N3O4/c1-25(19-6-4-3-5-7-19)22-21(18-8-10-20(30-2)11-9-18)23(28)27(24(22)29)13-12-26-14-16-31-17-15-26/h3-11H,12-17H2,1-2H3. The van der Waals surface area contributed by atoms with Gasteiger partial charge in [-0.3, -0.25) is 19.4 Å². The zero-order valence-electron chi connectivity index (χ0n) is 17.9. The van der Waals surface area contributed by atoms with Crippen molar-refractivity contribution < 1.29 is 19.1 Å². The molecule has 0 spiro atoms. The Hall–Kier alpha value is -3.16. The number of ether oxygens (including phenoxy) is 2. The van der Waals surface area contributed by atoms with E-state index in [-0.39, 0.29) is 11.8 Å². The lowest BCUT2D eigenvalue weighted by Gasteiger charge is -2.28. The first-order chi connectivity index (χ1) is 15.1. The van der Waals surface area contributed by atoms with Crippen LogP contribution in [-0.2, 0) is 14.3 Å². The van der Waals surface area contributed by atoms with E-state index in [0.717, 1.165) is 18.8 Å². The predicted molar refractivity (Wildman–Crippen MR) is 119 cm³/mol. The van der Waals surface area contributed by atoms with Gasteiger partial charge in [-0.15, -0.1) is 0 Å². The van der Waals surface area contributed by atoms with E-state index in [1.807, 2.05) is 49.5 Å². The van der Waals surface area contributed by atoms with Crippen LogP contribution in [-0.4, -0.2) is 75.2 Å². The van der Waals surface area contributed by atoms with Crippen LogP contribution < -0.4 is 9.64 Å². The van der Waals surface area contributed by atoms with Crippen LogP contribution in [0, 0.1) is 0 Å². The topological polar surface area (TPSA) is 62.3 Å². The summed E-state index contributed by atoms with van der Waals surface area (Å²) in [5.74, 6) is 0.167. The number of likely N-dealkylation sites (N-methyl/N-ethyl adjacent to an activating group) is 1.